The molecule has 1 aliphatic heterocycles. The maximum absolute atomic E-state index is 14.7. The van der Waals surface area contributed by atoms with Gasteiger partial charge in [-0.05, 0) is 42.0 Å². The third kappa shape index (κ3) is 8.67. The zero-order valence-corrected chi connectivity index (χ0v) is 27.0. The average molecular weight is 741 g/mol. The highest BCUT2D eigenvalue weighted by Gasteiger charge is 2.25. The second-order valence-electron chi connectivity index (χ2n) is 11.3. The number of aromatic hydroxyl groups is 1. The van der Waals surface area contributed by atoms with Gasteiger partial charge in [-0.15, -0.1) is 0 Å². The lowest BCUT2D eigenvalue weighted by Gasteiger charge is -2.25. The van der Waals surface area contributed by atoms with Crippen LogP contribution in [0.1, 0.15) is 0 Å². The summed E-state index contributed by atoms with van der Waals surface area (Å²) in [5, 5.41) is 47.6. The smallest absolute Gasteiger partial charge is 0.323 e. The van der Waals surface area contributed by atoms with Crippen molar-refractivity contribution in [2.45, 2.75) is 0 Å². The lowest BCUT2D eigenvalue weighted by atomic mass is 9.93. The Labute approximate surface area is 295 Å². The highest BCUT2D eigenvalue weighted by Crippen LogP contribution is 2.44. The van der Waals surface area contributed by atoms with Gasteiger partial charge in [-0.25, -0.2) is 13.2 Å². The fraction of sp³-hybridized carbons (Fsp3) is 0.171. The summed E-state index contributed by atoms with van der Waals surface area (Å²) in [5.41, 5.74) is -1.06. The van der Waals surface area contributed by atoms with E-state index in [1.165, 1.54) is 18.2 Å². The summed E-state index contributed by atoms with van der Waals surface area (Å²) in [7, 11) is 0. The predicted octanol–water partition coefficient (Wildman–Crippen LogP) is 4.10. The van der Waals surface area contributed by atoms with Crippen LogP contribution in [0.3, 0.4) is 0 Å². The van der Waals surface area contributed by atoms with Gasteiger partial charge in [-0.2, -0.15) is 0 Å². The second-order valence-corrected chi connectivity index (χ2v) is 11.3. The van der Waals surface area contributed by atoms with Crippen LogP contribution < -0.4 is 24.7 Å². The van der Waals surface area contributed by atoms with Crippen molar-refractivity contribution in [3.8, 4) is 39.7 Å². The maximum Gasteiger partial charge on any atom is 0.323 e. The molecule has 0 aromatic heterocycles. The Morgan fingerprint density at radius 2 is 1.19 bits per heavy atom. The number of hydrogen-bond acceptors (Lipinski definition) is 11. The van der Waals surface area contributed by atoms with Crippen molar-refractivity contribution < 1.29 is 71.8 Å². The number of phenolic OH excluding ortho intramolecular Hbond substituents is 1. The molecule has 53 heavy (non-hydrogen) atoms. The fourth-order valence-electron chi connectivity index (χ4n) is 5.53. The topological polar surface area (TPSA) is 225 Å². The Kier molecular flexibility index (Phi) is 10.9. The molecule has 0 saturated carbocycles. The van der Waals surface area contributed by atoms with Crippen LogP contribution >= 0.6 is 0 Å². The first-order valence-corrected chi connectivity index (χ1v) is 15.3. The Morgan fingerprint density at radius 3 is 1.74 bits per heavy atom. The molecule has 0 bridgehead atoms. The van der Waals surface area contributed by atoms with Crippen molar-refractivity contribution in [3.05, 3.63) is 88.3 Å². The van der Waals surface area contributed by atoms with Crippen molar-refractivity contribution >= 4 is 46.2 Å². The molecule has 3 aromatic carbocycles. The minimum absolute atomic E-state index is 0.00622. The van der Waals surface area contributed by atoms with Crippen LogP contribution in [0.2, 0.25) is 0 Å². The molecule has 0 amide bonds. The molecule has 0 fully saturated rings. The van der Waals surface area contributed by atoms with E-state index in [1.807, 2.05) is 0 Å². The first-order chi connectivity index (χ1) is 25.1. The molecule has 276 valence electrons. The molecule has 3 aromatic rings. The van der Waals surface area contributed by atoms with Crippen molar-refractivity contribution in [2.75, 3.05) is 49.2 Å². The van der Waals surface area contributed by atoms with Gasteiger partial charge in [0.1, 0.15) is 68.1 Å². The summed E-state index contributed by atoms with van der Waals surface area (Å²) >= 11 is 0. The van der Waals surface area contributed by atoms with Crippen LogP contribution in [-0.4, -0.2) is 88.8 Å². The molecule has 0 unspecified atom stereocenters. The first kappa shape index (κ1) is 37.3. The van der Waals surface area contributed by atoms with E-state index in [9.17, 15) is 62.7 Å². The summed E-state index contributed by atoms with van der Waals surface area (Å²) < 4.78 is 60.8. The zero-order valence-electron chi connectivity index (χ0n) is 27.0. The average Bonchev–Trinajstić information content (AvgIpc) is 3.06. The maximum atomic E-state index is 14.7. The number of fused-ring (bicyclic) bond motifs is 2. The molecule has 0 atom stereocenters. The Bertz CT molecular complexity index is 2240. The van der Waals surface area contributed by atoms with E-state index in [2.05, 4.69) is 0 Å². The SMILES string of the molecule is O=C(O)CN(CC(=O)O)c1ccc(F)cc1OCCOc1cc(-c2c3cc(F)c(=O)cc-3oc3cc(O)c(F)cc23)ccc1N(CC(=O)O)CC(=O)O. The van der Waals surface area contributed by atoms with E-state index < -0.39 is 91.9 Å². The zero-order chi connectivity index (χ0) is 38.6. The number of ether oxygens (including phenoxy) is 2. The molecule has 5 rings (SSSR count). The van der Waals surface area contributed by atoms with E-state index in [-0.39, 0.29) is 56.3 Å². The van der Waals surface area contributed by atoms with E-state index >= 15 is 0 Å². The van der Waals surface area contributed by atoms with E-state index in [0.29, 0.717) is 0 Å². The van der Waals surface area contributed by atoms with Gasteiger partial charge >= 0.3 is 23.9 Å². The number of halogens is 3. The number of hydrogen-bond donors (Lipinski definition) is 5. The minimum Gasteiger partial charge on any atom is -0.505 e. The molecule has 0 radical (unpaired) electrons. The van der Waals surface area contributed by atoms with Gasteiger partial charge in [0.05, 0.1) is 11.4 Å². The molecule has 2 aliphatic rings. The largest absolute Gasteiger partial charge is 0.505 e. The summed E-state index contributed by atoms with van der Waals surface area (Å²) in [6, 6.07) is 10.5. The van der Waals surface area contributed by atoms with Gasteiger partial charge in [0, 0.05) is 34.7 Å². The Morgan fingerprint density at radius 1 is 0.660 bits per heavy atom. The number of carboxylic acid groups (broad SMARTS) is 4. The quantitative estimate of drug-likeness (QED) is 0.0709. The number of rotatable bonds is 16. The van der Waals surface area contributed by atoms with Crippen LogP contribution in [0.15, 0.2) is 69.9 Å². The minimum atomic E-state index is -1.41. The first-order valence-electron chi connectivity index (χ1n) is 15.3. The summed E-state index contributed by atoms with van der Waals surface area (Å²) in [4.78, 5) is 60.2. The predicted molar refractivity (Wildman–Crippen MR) is 178 cm³/mol. The third-order valence-corrected chi connectivity index (χ3v) is 7.60. The number of anilines is 2. The van der Waals surface area contributed by atoms with E-state index in [1.54, 1.807) is 0 Å². The second kappa shape index (κ2) is 15.5. The summed E-state index contributed by atoms with van der Waals surface area (Å²) in [6.45, 7) is -4.00. The van der Waals surface area contributed by atoms with Gasteiger partial charge in [0.2, 0.25) is 5.43 Å². The molecule has 18 heteroatoms. The molecule has 1 aliphatic carbocycles. The van der Waals surface area contributed by atoms with Crippen molar-refractivity contribution in [1.82, 2.24) is 0 Å². The summed E-state index contributed by atoms with van der Waals surface area (Å²) in [6.07, 6.45) is 0. The lowest BCUT2D eigenvalue weighted by molar-refractivity contribution is -0.138. The highest BCUT2D eigenvalue weighted by molar-refractivity contribution is 6.02. The number of carboxylic acids is 4. The molecule has 0 saturated heterocycles. The molecule has 15 nitrogen and oxygen atoms in total. The van der Waals surface area contributed by atoms with Crippen LogP contribution in [0.4, 0.5) is 24.5 Å². The van der Waals surface area contributed by atoms with Crippen LogP contribution in [0.25, 0.3) is 33.4 Å². The third-order valence-electron chi connectivity index (χ3n) is 7.60. The van der Waals surface area contributed by atoms with Crippen molar-refractivity contribution in [3.63, 3.8) is 0 Å². The number of nitrogens with zero attached hydrogens (tertiary/aromatic N) is 2. The van der Waals surface area contributed by atoms with E-state index in [0.717, 1.165) is 52.3 Å². The molecule has 1 heterocycles. The lowest BCUT2D eigenvalue weighted by Crippen LogP contribution is -2.35. The standard InChI is InChI=1S/C35H27F3N2O13/c36-18-2-4-24(40(15-33(47)48)16-34(49)50)30(8-18)52-6-5-51-29-7-17(1-3-23(29)39(13-31(43)44)14-32(45)46)35-19-9-21(37)25(41)11-27(19)53-28-12-26(42)22(38)10-20(28)35/h1-4,7-12,41H,5-6,13-16H2,(H,43,44)(H,45,46)(H,47,48)(H,49,50). The van der Waals surface area contributed by atoms with Crippen LogP contribution in [0, 0.1) is 17.5 Å². The number of aliphatic carboxylic acids is 4. The van der Waals surface area contributed by atoms with Gasteiger partial charge in [-0.1, -0.05) is 6.07 Å². The normalized spacial score (nSPS) is 11.0. The number of carbonyl (C=O) groups is 4. The number of benzene rings is 4. The van der Waals surface area contributed by atoms with Gasteiger partial charge in [0.25, 0.3) is 0 Å². The molecule has 5 N–H and O–H groups in total. The van der Waals surface area contributed by atoms with Crippen LogP contribution in [0.5, 0.6) is 17.2 Å². The monoisotopic (exact) mass is 740 g/mol. The van der Waals surface area contributed by atoms with Crippen LogP contribution in [-0.2, 0) is 19.2 Å². The van der Waals surface area contributed by atoms with Gasteiger partial charge in [0.15, 0.2) is 17.4 Å². The van der Waals surface area contributed by atoms with Crippen molar-refractivity contribution in [2.24, 2.45) is 0 Å². The Hall–Kier alpha value is -6.98. The van der Waals surface area contributed by atoms with E-state index in [4.69, 9.17) is 13.9 Å². The van der Waals surface area contributed by atoms with Gasteiger partial charge < -0.3 is 49.2 Å². The van der Waals surface area contributed by atoms with Crippen molar-refractivity contribution in [1.29, 1.82) is 0 Å². The van der Waals surface area contributed by atoms with Gasteiger partial charge in [-0.3, -0.25) is 24.0 Å². The molecular weight excluding hydrogens is 713 g/mol. The molecular formula is C35H27F3N2O13. The fourth-order valence-corrected chi connectivity index (χ4v) is 5.53. The Balaban J connectivity index is 1.58. The molecule has 0 spiro atoms. The number of phenols is 1. The summed E-state index contributed by atoms with van der Waals surface area (Å²) in [5.74, 6) is -9.98. The highest BCUT2D eigenvalue weighted by atomic mass is 19.1.